The van der Waals surface area contributed by atoms with E-state index in [0.29, 0.717) is 5.92 Å². The molecule has 0 fully saturated rings. The van der Waals surface area contributed by atoms with Gasteiger partial charge in [-0.1, -0.05) is 38.1 Å². The first-order valence-electron chi connectivity index (χ1n) is 7.47. The quantitative estimate of drug-likeness (QED) is 0.786. The Labute approximate surface area is 132 Å². The summed E-state index contributed by atoms with van der Waals surface area (Å²) in [6, 6.07) is 14.3. The van der Waals surface area contributed by atoms with E-state index < -0.39 is 0 Å². The van der Waals surface area contributed by atoms with Gasteiger partial charge < -0.3 is 14.2 Å². The Morgan fingerprint density at radius 2 is 1.36 bits per heavy atom. The number of para-hydroxylation sites is 1. The minimum absolute atomic E-state index is 0.232. The van der Waals surface area contributed by atoms with Crippen LogP contribution in [0.3, 0.4) is 0 Å². The van der Waals surface area contributed by atoms with E-state index in [9.17, 15) is 0 Å². The molecule has 0 aliphatic rings. The molecule has 0 saturated heterocycles. The molecule has 0 aliphatic heterocycles. The third-order valence-electron chi connectivity index (χ3n) is 3.91. The average molecular weight is 300 g/mol. The summed E-state index contributed by atoms with van der Waals surface area (Å²) in [6.45, 7) is 4.43. The van der Waals surface area contributed by atoms with Crippen LogP contribution in [-0.2, 0) is 0 Å². The van der Waals surface area contributed by atoms with Gasteiger partial charge in [0, 0.05) is 11.5 Å². The number of benzene rings is 2. The van der Waals surface area contributed by atoms with Gasteiger partial charge in [0.25, 0.3) is 0 Å². The van der Waals surface area contributed by atoms with Crippen molar-refractivity contribution in [2.75, 3.05) is 21.3 Å². The molecule has 1 atom stereocenters. The van der Waals surface area contributed by atoms with Gasteiger partial charge in [0.1, 0.15) is 5.75 Å². The lowest BCUT2D eigenvalue weighted by Crippen LogP contribution is -2.10. The molecular weight excluding hydrogens is 276 g/mol. The highest BCUT2D eigenvalue weighted by Crippen LogP contribution is 2.40. The molecule has 3 heteroatoms. The van der Waals surface area contributed by atoms with Gasteiger partial charge in [0.2, 0.25) is 0 Å². The average Bonchev–Trinajstić information content (AvgIpc) is 2.55. The molecule has 3 nitrogen and oxygen atoms in total. The second-order valence-corrected chi connectivity index (χ2v) is 5.58. The minimum atomic E-state index is 0.232. The van der Waals surface area contributed by atoms with Crippen molar-refractivity contribution in [3.63, 3.8) is 0 Å². The highest BCUT2D eigenvalue weighted by Gasteiger charge is 2.22. The first-order chi connectivity index (χ1) is 10.6. The Morgan fingerprint density at radius 1 is 0.727 bits per heavy atom. The predicted octanol–water partition coefficient (Wildman–Crippen LogP) is 4.50. The minimum Gasteiger partial charge on any atom is -0.496 e. The van der Waals surface area contributed by atoms with E-state index in [1.54, 1.807) is 21.3 Å². The molecule has 0 heterocycles. The topological polar surface area (TPSA) is 27.7 Å². The molecule has 0 saturated carbocycles. The van der Waals surface area contributed by atoms with Crippen LogP contribution in [0, 0.1) is 5.92 Å². The van der Waals surface area contributed by atoms with Gasteiger partial charge in [-0.3, -0.25) is 0 Å². The molecule has 0 amide bonds. The van der Waals surface area contributed by atoms with Gasteiger partial charge in [-0.05, 0) is 29.7 Å². The highest BCUT2D eigenvalue weighted by molar-refractivity contribution is 5.48. The van der Waals surface area contributed by atoms with Crippen LogP contribution in [0.15, 0.2) is 42.5 Å². The van der Waals surface area contributed by atoms with Gasteiger partial charge in [-0.15, -0.1) is 0 Å². The second-order valence-electron chi connectivity index (χ2n) is 5.58. The van der Waals surface area contributed by atoms with Crippen LogP contribution in [0.5, 0.6) is 17.2 Å². The van der Waals surface area contributed by atoms with Crippen LogP contribution < -0.4 is 14.2 Å². The smallest absolute Gasteiger partial charge is 0.161 e. The summed E-state index contributed by atoms with van der Waals surface area (Å²) in [4.78, 5) is 0. The SMILES string of the molecule is COc1ccc(C(c2ccccc2OC)C(C)C)cc1OC. The maximum absolute atomic E-state index is 5.54. The Balaban J connectivity index is 2.53. The van der Waals surface area contributed by atoms with E-state index in [4.69, 9.17) is 14.2 Å². The lowest BCUT2D eigenvalue weighted by Gasteiger charge is -2.24. The molecule has 0 radical (unpaired) electrons. The van der Waals surface area contributed by atoms with Crippen molar-refractivity contribution in [1.82, 2.24) is 0 Å². The van der Waals surface area contributed by atoms with Gasteiger partial charge in [-0.25, -0.2) is 0 Å². The molecule has 22 heavy (non-hydrogen) atoms. The van der Waals surface area contributed by atoms with Crippen molar-refractivity contribution < 1.29 is 14.2 Å². The summed E-state index contributed by atoms with van der Waals surface area (Å²) in [5.41, 5.74) is 2.38. The van der Waals surface area contributed by atoms with E-state index in [1.165, 1.54) is 11.1 Å². The fourth-order valence-corrected chi connectivity index (χ4v) is 2.89. The van der Waals surface area contributed by atoms with Crippen molar-refractivity contribution in [2.24, 2.45) is 5.92 Å². The number of rotatable bonds is 6. The summed E-state index contributed by atoms with van der Waals surface area (Å²) in [7, 11) is 5.03. The molecule has 0 spiro atoms. The van der Waals surface area contributed by atoms with Crippen molar-refractivity contribution >= 4 is 0 Å². The highest BCUT2D eigenvalue weighted by atomic mass is 16.5. The first-order valence-corrected chi connectivity index (χ1v) is 7.47. The van der Waals surface area contributed by atoms with Crippen LogP contribution in [0.4, 0.5) is 0 Å². The lowest BCUT2D eigenvalue weighted by molar-refractivity contribution is 0.353. The molecule has 118 valence electrons. The van der Waals surface area contributed by atoms with Crippen LogP contribution in [0.1, 0.15) is 30.9 Å². The van der Waals surface area contributed by atoms with E-state index in [-0.39, 0.29) is 5.92 Å². The first kappa shape index (κ1) is 16.2. The van der Waals surface area contributed by atoms with Crippen LogP contribution in [-0.4, -0.2) is 21.3 Å². The van der Waals surface area contributed by atoms with Crippen molar-refractivity contribution in [3.05, 3.63) is 53.6 Å². The Bertz CT molecular complexity index is 620. The van der Waals surface area contributed by atoms with Crippen LogP contribution >= 0.6 is 0 Å². The van der Waals surface area contributed by atoms with E-state index in [2.05, 4.69) is 32.0 Å². The molecule has 2 aromatic carbocycles. The fourth-order valence-electron chi connectivity index (χ4n) is 2.89. The molecule has 0 aliphatic carbocycles. The van der Waals surface area contributed by atoms with Gasteiger partial charge >= 0.3 is 0 Å². The summed E-state index contributed by atoms with van der Waals surface area (Å²) in [5.74, 6) is 3.07. The normalized spacial score (nSPS) is 12.1. The fraction of sp³-hybridized carbons (Fsp3) is 0.368. The zero-order chi connectivity index (χ0) is 16.1. The van der Waals surface area contributed by atoms with Crippen molar-refractivity contribution in [3.8, 4) is 17.2 Å². The molecule has 0 aromatic heterocycles. The predicted molar refractivity (Wildman–Crippen MR) is 89.2 cm³/mol. The summed E-state index contributed by atoms with van der Waals surface area (Å²) in [6.07, 6.45) is 0. The Hall–Kier alpha value is -2.16. The lowest BCUT2D eigenvalue weighted by atomic mass is 9.82. The van der Waals surface area contributed by atoms with Gasteiger partial charge in [0.05, 0.1) is 21.3 Å². The summed E-state index contributed by atoms with van der Waals surface area (Å²) >= 11 is 0. The standard InChI is InChI=1S/C19H24O3/c1-13(2)19(15-8-6-7-9-16(15)20-3)14-10-11-17(21-4)18(12-14)22-5/h6-13,19H,1-5H3. The maximum Gasteiger partial charge on any atom is 0.161 e. The third-order valence-corrected chi connectivity index (χ3v) is 3.91. The second kappa shape index (κ2) is 7.21. The largest absolute Gasteiger partial charge is 0.496 e. The molecule has 2 aromatic rings. The molecule has 1 unspecified atom stereocenters. The number of hydrogen-bond donors (Lipinski definition) is 0. The van der Waals surface area contributed by atoms with Gasteiger partial charge in [0.15, 0.2) is 11.5 Å². The van der Waals surface area contributed by atoms with Crippen LogP contribution in [0.25, 0.3) is 0 Å². The van der Waals surface area contributed by atoms with Gasteiger partial charge in [-0.2, -0.15) is 0 Å². The summed E-state index contributed by atoms with van der Waals surface area (Å²) < 4.78 is 16.3. The molecule has 0 N–H and O–H groups in total. The van der Waals surface area contributed by atoms with Crippen molar-refractivity contribution in [2.45, 2.75) is 19.8 Å². The monoisotopic (exact) mass is 300 g/mol. The Morgan fingerprint density at radius 3 is 1.95 bits per heavy atom. The van der Waals surface area contributed by atoms with Crippen molar-refractivity contribution in [1.29, 1.82) is 0 Å². The maximum atomic E-state index is 5.54. The summed E-state index contributed by atoms with van der Waals surface area (Å²) in [5, 5.41) is 0. The number of methoxy groups -OCH3 is 3. The zero-order valence-electron chi connectivity index (χ0n) is 13.9. The van der Waals surface area contributed by atoms with E-state index in [1.807, 2.05) is 24.3 Å². The molecule has 0 bridgehead atoms. The number of hydrogen-bond acceptors (Lipinski definition) is 3. The molecule has 2 rings (SSSR count). The Kier molecular flexibility index (Phi) is 5.31. The molecular formula is C19H24O3. The third kappa shape index (κ3) is 3.19. The number of ether oxygens (including phenoxy) is 3. The van der Waals surface area contributed by atoms with E-state index in [0.717, 1.165) is 17.2 Å². The zero-order valence-corrected chi connectivity index (χ0v) is 13.9. The van der Waals surface area contributed by atoms with E-state index >= 15 is 0 Å². The van der Waals surface area contributed by atoms with Crippen LogP contribution in [0.2, 0.25) is 0 Å².